The van der Waals surface area contributed by atoms with E-state index in [-0.39, 0.29) is 24.3 Å². The van der Waals surface area contributed by atoms with Gasteiger partial charge < -0.3 is 15.0 Å². The lowest BCUT2D eigenvalue weighted by molar-refractivity contribution is -0.125. The van der Waals surface area contributed by atoms with Gasteiger partial charge in [-0.1, -0.05) is 24.6 Å². The van der Waals surface area contributed by atoms with Crippen molar-refractivity contribution in [2.24, 2.45) is 5.92 Å². The van der Waals surface area contributed by atoms with Crippen molar-refractivity contribution in [3.63, 3.8) is 0 Å². The van der Waals surface area contributed by atoms with Gasteiger partial charge in [-0.25, -0.2) is 5.43 Å². The molecule has 9 unspecified atom stereocenters. The predicted octanol–water partition coefficient (Wildman–Crippen LogP) is 1.03. The van der Waals surface area contributed by atoms with Gasteiger partial charge in [0, 0.05) is 56.2 Å². The third-order valence-corrected chi connectivity index (χ3v) is 11.1. The molecule has 1 amide bonds. The molecule has 0 bridgehead atoms. The second kappa shape index (κ2) is 13.6. The van der Waals surface area contributed by atoms with Gasteiger partial charge in [-0.2, -0.15) is 0 Å². The summed E-state index contributed by atoms with van der Waals surface area (Å²) in [5.74, 6) is 1.61. The Balaban J connectivity index is 0.899. The molecule has 7 rings (SSSR count). The van der Waals surface area contributed by atoms with Gasteiger partial charge in [-0.15, -0.1) is 0 Å². The van der Waals surface area contributed by atoms with Gasteiger partial charge >= 0.3 is 0 Å². The molecule has 11 heteroatoms. The van der Waals surface area contributed by atoms with Gasteiger partial charge in [-0.05, 0) is 83.0 Å². The fourth-order valence-corrected chi connectivity index (χ4v) is 8.37. The molecule has 0 aromatic rings. The van der Waals surface area contributed by atoms with E-state index in [0.717, 1.165) is 70.7 Å². The molecule has 1 aliphatic carbocycles. The van der Waals surface area contributed by atoms with Crippen molar-refractivity contribution in [2.75, 3.05) is 40.0 Å². The Kier molecular flexibility index (Phi) is 9.41. The average Bonchev–Trinajstić information content (AvgIpc) is 3.69. The van der Waals surface area contributed by atoms with Gasteiger partial charge in [-0.3, -0.25) is 36.0 Å². The number of nitrogens with zero attached hydrogens (tertiary/aromatic N) is 3. The Labute approximate surface area is 262 Å². The molecule has 1 saturated carbocycles. The van der Waals surface area contributed by atoms with Crippen LogP contribution in [0.2, 0.25) is 0 Å². The first-order valence-corrected chi connectivity index (χ1v) is 17.2. The number of rotatable bonds is 7. The quantitative estimate of drug-likeness (QED) is 0.186. The topological polar surface area (TPSA) is 108 Å². The highest BCUT2D eigenvalue weighted by Gasteiger charge is 2.41. The van der Waals surface area contributed by atoms with Crippen LogP contribution in [0, 0.1) is 5.92 Å². The molecule has 11 nitrogen and oxygen atoms in total. The lowest BCUT2D eigenvalue weighted by Gasteiger charge is -2.48. The number of carbonyl (C=O) groups is 1. The first-order valence-electron chi connectivity index (χ1n) is 17.2. The van der Waals surface area contributed by atoms with E-state index < -0.39 is 0 Å². The van der Waals surface area contributed by atoms with Crippen molar-refractivity contribution in [2.45, 2.75) is 107 Å². The molecule has 4 saturated heterocycles. The molecule has 44 heavy (non-hydrogen) atoms. The summed E-state index contributed by atoms with van der Waals surface area (Å²) >= 11 is 0. The van der Waals surface area contributed by atoms with Crippen molar-refractivity contribution in [1.82, 2.24) is 46.8 Å². The Hall–Kier alpha value is -2.25. The second-order valence-electron chi connectivity index (χ2n) is 13.9. The first kappa shape index (κ1) is 30.4. The molecular formula is C33H53N9O2. The highest BCUT2D eigenvalue weighted by molar-refractivity contribution is 5.88. The molecule has 7 aliphatic rings. The SMILES string of the molecule is CC1CC(NC2NCNC3CCC(C4=CCN(C(=O)/C=C/C5CCCN5C)CC4)NC32)CCC1OC1=CC2NCNN2C=C1. The Morgan fingerprint density at radius 3 is 2.84 bits per heavy atom. The number of hydrogen-bond acceptors (Lipinski definition) is 10. The number of fused-ring (bicyclic) bond motifs is 2. The fraction of sp³-hybridized carbons (Fsp3) is 0.727. The van der Waals surface area contributed by atoms with E-state index in [1.807, 2.05) is 11.0 Å². The van der Waals surface area contributed by atoms with E-state index >= 15 is 0 Å². The zero-order chi connectivity index (χ0) is 30.0. The van der Waals surface area contributed by atoms with Gasteiger partial charge in [0.05, 0.1) is 18.9 Å². The molecule has 9 atom stereocenters. The van der Waals surface area contributed by atoms with E-state index in [2.05, 4.69) is 86.4 Å². The van der Waals surface area contributed by atoms with E-state index in [4.69, 9.17) is 4.74 Å². The molecule has 0 aromatic heterocycles. The van der Waals surface area contributed by atoms with E-state index in [1.165, 1.54) is 18.4 Å². The van der Waals surface area contributed by atoms with Crippen LogP contribution in [0.5, 0.6) is 0 Å². The molecule has 6 heterocycles. The number of ether oxygens (including phenoxy) is 1. The Morgan fingerprint density at radius 1 is 1.09 bits per heavy atom. The average molecular weight is 608 g/mol. The van der Waals surface area contributed by atoms with Crippen LogP contribution in [0.4, 0.5) is 0 Å². The number of likely N-dealkylation sites (tertiary alicyclic amines) is 1. The van der Waals surface area contributed by atoms with Gasteiger partial charge in [0.2, 0.25) is 5.91 Å². The van der Waals surface area contributed by atoms with Crippen LogP contribution < -0.4 is 32.0 Å². The van der Waals surface area contributed by atoms with Crippen molar-refractivity contribution in [3.05, 3.63) is 47.9 Å². The Bertz CT molecular complexity index is 1160. The van der Waals surface area contributed by atoms with E-state index in [1.54, 1.807) is 0 Å². The summed E-state index contributed by atoms with van der Waals surface area (Å²) in [5.41, 5.74) is 4.76. The molecule has 5 fully saturated rings. The molecule has 6 aliphatic heterocycles. The number of amides is 1. The molecule has 0 aromatic carbocycles. The summed E-state index contributed by atoms with van der Waals surface area (Å²) in [7, 11) is 2.15. The fourth-order valence-electron chi connectivity index (χ4n) is 8.37. The van der Waals surface area contributed by atoms with E-state index in [0.29, 0.717) is 42.7 Å². The number of allylic oxidation sites excluding steroid dienone is 1. The number of likely N-dealkylation sites (N-methyl/N-ethyl adjacent to an activating group) is 1. The van der Waals surface area contributed by atoms with Gasteiger partial charge in [0.1, 0.15) is 18.0 Å². The standard InChI is InChI=1S/C33H53N9O2/c1-22-18-24(5-9-29(22)44-26-13-17-42-30(19-26)35-21-37-42)38-33-32-28(34-20-36-33)8-7-27(39-32)23-11-15-41(16-12-23)31(43)10-6-25-4-3-14-40(25)2/h6,10-11,13,17,19,22,24-25,27-30,32-39H,3-5,7-9,12,14-16,18,20-21H2,1-2H3/b10-6+. The lowest BCUT2D eigenvalue weighted by Crippen LogP contribution is -2.73. The number of carbonyl (C=O) groups excluding carboxylic acids is 1. The summed E-state index contributed by atoms with van der Waals surface area (Å²) in [6.07, 6.45) is 22.1. The third-order valence-electron chi connectivity index (χ3n) is 11.1. The van der Waals surface area contributed by atoms with Crippen molar-refractivity contribution >= 4 is 5.91 Å². The van der Waals surface area contributed by atoms with E-state index in [9.17, 15) is 4.79 Å². The number of hydrazine groups is 1. The zero-order valence-electron chi connectivity index (χ0n) is 26.5. The second-order valence-corrected chi connectivity index (χ2v) is 13.9. The van der Waals surface area contributed by atoms with Crippen LogP contribution in [0.15, 0.2) is 47.9 Å². The third kappa shape index (κ3) is 6.79. The largest absolute Gasteiger partial charge is 0.490 e. The predicted molar refractivity (Wildman–Crippen MR) is 172 cm³/mol. The highest BCUT2D eigenvalue weighted by Crippen LogP contribution is 2.31. The molecule has 6 N–H and O–H groups in total. The zero-order valence-corrected chi connectivity index (χ0v) is 26.5. The summed E-state index contributed by atoms with van der Waals surface area (Å²) in [6.45, 7) is 6.60. The molecule has 242 valence electrons. The minimum atomic E-state index is 0.151. The maximum absolute atomic E-state index is 12.9. The summed E-state index contributed by atoms with van der Waals surface area (Å²) in [4.78, 5) is 17.2. The van der Waals surface area contributed by atoms with Crippen LogP contribution in [0.25, 0.3) is 0 Å². The molecule has 0 spiro atoms. The molecule has 0 radical (unpaired) electrons. The maximum atomic E-state index is 12.9. The van der Waals surface area contributed by atoms with Gasteiger partial charge in [0.25, 0.3) is 0 Å². The van der Waals surface area contributed by atoms with Crippen LogP contribution >= 0.6 is 0 Å². The Morgan fingerprint density at radius 2 is 2.02 bits per heavy atom. The van der Waals surface area contributed by atoms with Crippen LogP contribution in [-0.4, -0.2) is 109 Å². The van der Waals surface area contributed by atoms with Crippen LogP contribution in [-0.2, 0) is 9.53 Å². The van der Waals surface area contributed by atoms with Crippen molar-refractivity contribution in [3.8, 4) is 0 Å². The van der Waals surface area contributed by atoms with Crippen LogP contribution in [0.3, 0.4) is 0 Å². The minimum absolute atomic E-state index is 0.151. The monoisotopic (exact) mass is 607 g/mol. The number of hydrogen-bond donors (Lipinski definition) is 6. The van der Waals surface area contributed by atoms with Gasteiger partial charge in [0.15, 0.2) is 0 Å². The summed E-state index contributed by atoms with van der Waals surface area (Å²) in [6, 6.07) is 2.05. The summed E-state index contributed by atoms with van der Waals surface area (Å²) < 4.78 is 6.50. The van der Waals surface area contributed by atoms with Crippen molar-refractivity contribution in [1.29, 1.82) is 0 Å². The maximum Gasteiger partial charge on any atom is 0.246 e. The minimum Gasteiger partial charge on any atom is -0.490 e. The summed E-state index contributed by atoms with van der Waals surface area (Å²) in [5, 5.41) is 21.0. The van der Waals surface area contributed by atoms with Crippen molar-refractivity contribution < 1.29 is 9.53 Å². The first-order chi connectivity index (χ1) is 21.5. The highest BCUT2D eigenvalue weighted by atomic mass is 16.5. The number of piperidine rings is 1. The lowest BCUT2D eigenvalue weighted by atomic mass is 9.82. The smallest absolute Gasteiger partial charge is 0.246 e. The normalized spacial score (nSPS) is 39.6. The molecular weight excluding hydrogens is 554 g/mol. The number of nitrogens with one attached hydrogen (secondary N) is 6. The van der Waals surface area contributed by atoms with Crippen LogP contribution in [0.1, 0.15) is 58.3 Å².